The lowest BCUT2D eigenvalue weighted by atomic mass is 9.70. The predicted octanol–water partition coefficient (Wildman–Crippen LogP) is 2.61. The van der Waals surface area contributed by atoms with Crippen molar-refractivity contribution in [3.05, 3.63) is 72.4 Å². The normalized spacial score (nSPS) is 19.6. The van der Waals surface area contributed by atoms with Gasteiger partial charge in [-0.25, -0.2) is 4.68 Å². The topological polar surface area (TPSA) is 114 Å². The fraction of sp³-hybridized carbons (Fsp3) is 0.240. The van der Waals surface area contributed by atoms with Crippen LogP contribution in [0.15, 0.2) is 61.3 Å². The molecule has 2 aromatic carbocycles. The van der Waals surface area contributed by atoms with Crippen LogP contribution in [0.3, 0.4) is 0 Å². The molecule has 8 nitrogen and oxygen atoms in total. The van der Waals surface area contributed by atoms with Crippen molar-refractivity contribution >= 4 is 23.3 Å². The molecular formula is C25H26N6O2. The molecule has 1 aromatic heterocycles. The van der Waals surface area contributed by atoms with Crippen molar-refractivity contribution in [3.63, 3.8) is 0 Å². The van der Waals surface area contributed by atoms with Crippen molar-refractivity contribution in [2.24, 2.45) is 0 Å². The molecular weight excluding hydrogens is 416 g/mol. The van der Waals surface area contributed by atoms with Crippen molar-refractivity contribution in [3.8, 4) is 16.8 Å². The number of carbonyl (C=O) groups is 2. The highest BCUT2D eigenvalue weighted by molar-refractivity contribution is 5.99. The number of hydrogen-bond acceptors (Lipinski definition) is 5. The Hall–Kier alpha value is -3.91. The number of aromatic nitrogens is 2. The molecule has 168 valence electrons. The van der Waals surface area contributed by atoms with E-state index in [0.29, 0.717) is 18.1 Å². The van der Waals surface area contributed by atoms with Crippen LogP contribution in [-0.2, 0) is 10.2 Å². The first-order chi connectivity index (χ1) is 16.0. The molecule has 1 atom stereocenters. The lowest BCUT2D eigenvalue weighted by Gasteiger charge is -2.42. The minimum atomic E-state index is -0.281. The number of carbonyl (C=O) groups excluding carboxylic acids is 2. The molecule has 2 amide bonds. The van der Waals surface area contributed by atoms with E-state index in [0.717, 1.165) is 53.9 Å². The van der Waals surface area contributed by atoms with E-state index in [4.69, 9.17) is 5.73 Å². The van der Waals surface area contributed by atoms with Gasteiger partial charge in [-0.15, -0.1) is 0 Å². The molecule has 1 fully saturated rings. The summed E-state index contributed by atoms with van der Waals surface area (Å²) in [6.45, 7) is 5.94. The van der Waals surface area contributed by atoms with Crippen LogP contribution in [0.4, 0.5) is 11.5 Å². The summed E-state index contributed by atoms with van der Waals surface area (Å²) in [5, 5.41) is 13.8. The SMILES string of the molecule is C=CC(=O)Nc1cccc(-n2cc(-c3ccc4c(c3)C3(CCCNC3)CNC4=O)c(N)n2)c1. The Morgan fingerprint density at radius 2 is 2.09 bits per heavy atom. The minimum absolute atomic E-state index is 0.0326. The van der Waals surface area contributed by atoms with E-state index in [2.05, 4.69) is 33.7 Å². The van der Waals surface area contributed by atoms with Gasteiger partial charge < -0.3 is 21.7 Å². The third-order valence-corrected chi connectivity index (χ3v) is 6.51. The Bertz CT molecular complexity index is 1260. The second-order valence-corrected chi connectivity index (χ2v) is 8.62. The first-order valence-electron chi connectivity index (χ1n) is 11.0. The summed E-state index contributed by atoms with van der Waals surface area (Å²) in [4.78, 5) is 24.2. The largest absolute Gasteiger partial charge is 0.382 e. The molecule has 5 N–H and O–H groups in total. The molecule has 0 bridgehead atoms. The lowest BCUT2D eigenvalue weighted by Crippen LogP contribution is -2.54. The zero-order chi connectivity index (χ0) is 23.0. The number of nitrogens with one attached hydrogen (secondary N) is 3. The Morgan fingerprint density at radius 1 is 1.21 bits per heavy atom. The number of piperidine rings is 1. The predicted molar refractivity (Wildman–Crippen MR) is 128 cm³/mol. The second-order valence-electron chi connectivity index (χ2n) is 8.62. The zero-order valence-corrected chi connectivity index (χ0v) is 18.2. The highest BCUT2D eigenvalue weighted by Crippen LogP contribution is 2.39. The van der Waals surface area contributed by atoms with Crippen molar-refractivity contribution in [2.45, 2.75) is 18.3 Å². The van der Waals surface area contributed by atoms with Gasteiger partial charge in [0.15, 0.2) is 5.82 Å². The van der Waals surface area contributed by atoms with E-state index in [1.807, 2.05) is 36.5 Å². The number of hydrogen-bond donors (Lipinski definition) is 4. The third kappa shape index (κ3) is 3.78. The van der Waals surface area contributed by atoms with Crippen LogP contribution in [0.1, 0.15) is 28.8 Å². The Morgan fingerprint density at radius 3 is 2.88 bits per heavy atom. The highest BCUT2D eigenvalue weighted by Gasteiger charge is 2.40. The summed E-state index contributed by atoms with van der Waals surface area (Å²) in [5.74, 6) is 0.0819. The molecule has 0 saturated carbocycles. The molecule has 0 aliphatic carbocycles. The van der Waals surface area contributed by atoms with Crippen molar-refractivity contribution < 1.29 is 9.59 Å². The van der Waals surface area contributed by atoms with Crippen LogP contribution in [0.5, 0.6) is 0 Å². The molecule has 33 heavy (non-hydrogen) atoms. The maximum Gasteiger partial charge on any atom is 0.251 e. The molecule has 2 aliphatic rings. The number of rotatable bonds is 4. The van der Waals surface area contributed by atoms with Gasteiger partial charge in [-0.2, -0.15) is 5.10 Å². The second kappa shape index (κ2) is 8.22. The average Bonchev–Trinajstić information content (AvgIpc) is 3.24. The van der Waals surface area contributed by atoms with Gasteiger partial charge in [0.25, 0.3) is 5.91 Å². The molecule has 0 radical (unpaired) electrons. The van der Waals surface area contributed by atoms with Gasteiger partial charge in [-0.1, -0.05) is 18.7 Å². The summed E-state index contributed by atoms with van der Waals surface area (Å²) in [7, 11) is 0. The Kier molecular flexibility index (Phi) is 5.22. The first-order valence-corrected chi connectivity index (χ1v) is 11.0. The smallest absolute Gasteiger partial charge is 0.251 e. The fourth-order valence-corrected chi connectivity index (χ4v) is 4.80. The van der Waals surface area contributed by atoms with E-state index in [-0.39, 0.29) is 17.2 Å². The first kappa shape index (κ1) is 21.0. The molecule has 8 heteroatoms. The van der Waals surface area contributed by atoms with Crippen LogP contribution in [0.2, 0.25) is 0 Å². The Labute approximate surface area is 191 Å². The number of nitrogens with two attached hydrogens (primary N) is 1. The van der Waals surface area contributed by atoms with Crippen LogP contribution in [0, 0.1) is 0 Å². The number of nitrogens with zero attached hydrogens (tertiary/aromatic N) is 2. The molecule has 3 heterocycles. The summed E-state index contributed by atoms with van der Waals surface area (Å²) in [5.41, 5.74) is 11.1. The highest BCUT2D eigenvalue weighted by atomic mass is 16.2. The van der Waals surface area contributed by atoms with Crippen LogP contribution >= 0.6 is 0 Å². The van der Waals surface area contributed by atoms with Gasteiger partial charge in [0, 0.05) is 41.5 Å². The maximum absolute atomic E-state index is 12.5. The van der Waals surface area contributed by atoms with Crippen molar-refractivity contribution in [2.75, 3.05) is 30.7 Å². The summed E-state index contributed by atoms with van der Waals surface area (Å²) in [6.07, 6.45) is 5.19. The standard InChI is InChI=1S/C25H26N6O2/c1-2-22(32)29-17-5-3-6-18(12-17)31-13-20(23(26)30-31)16-7-8-19-21(11-16)25(15-28-24(19)33)9-4-10-27-14-25/h2-3,5-8,11-13,27H,1,4,9-10,14-15H2,(H2,26,30)(H,28,33)(H,29,32). The molecule has 1 spiro atoms. The van der Waals surface area contributed by atoms with Crippen LogP contribution in [-0.4, -0.2) is 41.2 Å². The maximum atomic E-state index is 12.5. The van der Waals surface area contributed by atoms with Crippen LogP contribution < -0.4 is 21.7 Å². The summed E-state index contributed by atoms with van der Waals surface area (Å²) in [6, 6.07) is 13.2. The van der Waals surface area contributed by atoms with Gasteiger partial charge in [0.05, 0.1) is 5.69 Å². The number of anilines is 2. The third-order valence-electron chi connectivity index (χ3n) is 6.51. The fourth-order valence-electron chi connectivity index (χ4n) is 4.80. The zero-order valence-electron chi connectivity index (χ0n) is 18.2. The molecule has 1 unspecified atom stereocenters. The minimum Gasteiger partial charge on any atom is -0.382 e. The van der Waals surface area contributed by atoms with Gasteiger partial charge in [0.2, 0.25) is 5.91 Å². The average molecular weight is 443 g/mol. The van der Waals surface area contributed by atoms with Gasteiger partial charge in [-0.05, 0) is 66.9 Å². The molecule has 2 aliphatic heterocycles. The number of amides is 2. The molecule has 5 rings (SSSR count). The van der Waals surface area contributed by atoms with E-state index >= 15 is 0 Å². The van der Waals surface area contributed by atoms with Crippen molar-refractivity contribution in [1.82, 2.24) is 20.4 Å². The number of fused-ring (bicyclic) bond motifs is 2. The van der Waals surface area contributed by atoms with Gasteiger partial charge in [0.1, 0.15) is 0 Å². The Balaban J connectivity index is 1.52. The van der Waals surface area contributed by atoms with E-state index in [9.17, 15) is 9.59 Å². The van der Waals surface area contributed by atoms with Crippen molar-refractivity contribution in [1.29, 1.82) is 0 Å². The van der Waals surface area contributed by atoms with Gasteiger partial charge in [-0.3, -0.25) is 9.59 Å². The summed E-state index contributed by atoms with van der Waals surface area (Å²) >= 11 is 0. The number of benzene rings is 2. The summed E-state index contributed by atoms with van der Waals surface area (Å²) < 4.78 is 1.69. The number of nitrogen functional groups attached to an aromatic ring is 1. The monoisotopic (exact) mass is 442 g/mol. The van der Waals surface area contributed by atoms with E-state index in [1.165, 1.54) is 6.08 Å². The van der Waals surface area contributed by atoms with E-state index < -0.39 is 0 Å². The molecule has 3 aromatic rings. The van der Waals surface area contributed by atoms with Crippen LogP contribution in [0.25, 0.3) is 16.8 Å². The quantitative estimate of drug-likeness (QED) is 0.464. The molecule has 1 saturated heterocycles. The van der Waals surface area contributed by atoms with Gasteiger partial charge >= 0.3 is 0 Å². The van der Waals surface area contributed by atoms with E-state index in [1.54, 1.807) is 10.7 Å². The lowest BCUT2D eigenvalue weighted by molar-refractivity contribution is -0.111.